The van der Waals surface area contributed by atoms with Gasteiger partial charge in [-0.25, -0.2) is 0 Å². The Morgan fingerprint density at radius 1 is 1.29 bits per heavy atom. The van der Waals surface area contributed by atoms with Gasteiger partial charge in [0, 0.05) is 14.3 Å². The number of alkyl halides is 2. The summed E-state index contributed by atoms with van der Waals surface area (Å²) in [6, 6.07) is 0. The predicted molar refractivity (Wildman–Crippen MR) is 71.2 cm³/mol. The van der Waals surface area contributed by atoms with E-state index in [0.29, 0.717) is 5.92 Å². The van der Waals surface area contributed by atoms with Crippen LogP contribution in [0.4, 0.5) is 0 Å². The van der Waals surface area contributed by atoms with E-state index >= 15 is 0 Å². The Bertz CT molecular complexity index is 198. The molecular formula is C9H14I2O3. The van der Waals surface area contributed by atoms with Crippen LogP contribution in [0.5, 0.6) is 0 Å². The highest BCUT2D eigenvalue weighted by atomic mass is 127. The van der Waals surface area contributed by atoms with Crippen molar-refractivity contribution < 1.29 is 15.0 Å². The van der Waals surface area contributed by atoms with Crippen molar-refractivity contribution in [1.82, 2.24) is 0 Å². The van der Waals surface area contributed by atoms with E-state index in [1.807, 2.05) is 0 Å². The molecule has 0 bridgehead atoms. The second-order valence-electron chi connectivity index (χ2n) is 3.79. The quantitative estimate of drug-likeness (QED) is 0.540. The van der Waals surface area contributed by atoms with Crippen molar-refractivity contribution in [3.63, 3.8) is 0 Å². The number of aliphatic hydroxyl groups excluding tert-OH is 1. The van der Waals surface area contributed by atoms with E-state index in [4.69, 9.17) is 5.11 Å². The lowest BCUT2D eigenvalue weighted by Gasteiger charge is -2.33. The number of rotatable bonds is 3. The minimum absolute atomic E-state index is 0.225. The van der Waals surface area contributed by atoms with E-state index in [2.05, 4.69) is 45.2 Å². The third kappa shape index (κ3) is 3.80. The molecule has 0 aromatic rings. The first-order valence-corrected chi connectivity index (χ1v) is 7.18. The van der Waals surface area contributed by atoms with Crippen LogP contribution in [0, 0.1) is 5.92 Å². The maximum atomic E-state index is 10.4. The molecule has 5 heteroatoms. The summed E-state index contributed by atoms with van der Waals surface area (Å²) in [4.78, 5) is 10.4. The smallest absolute Gasteiger partial charge is 0.303 e. The Balaban J connectivity index is 2.38. The molecule has 82 valence electrons. The fourth-order valence-corrected chi connectivity index (χ4v) is 5.04. The van der Waals surface area contributed by atoms with E-state index < -0.39 is 5.97 Å². The van der Waals surface area contributed by atoms with Crippen molar-refractivity contribution in [2.75, 3.05) is 0 Å². The van der Waals surface area contributed by atoms with Gasteiger partial charge >= 0.3 is 5.97 Å². The number of aliphatic hydroxyl groups is 1. The number of halogens is 2. The Hall–Kier alpha value is 0.890. The van der Waals surface area contributed by atoms with Crippen LogP contribution in [-0.4, -0.2) is 30.1 Å². The number of carboxylic acids is 1. The summed E-state index contributed by atoms with van der Waals surface area (Å²) >= 11 is 4.54. The predicted octanol–water partition coefficient (Wildman–Crippen LogP) is 2.23. The molecule has 14 heavy (non-hydrogen) atoms. The van der Waals surface area contributed by atoms with Crippen LogP contribution in [0.3, 0.4) is 0 Å². The van der Waals surface area contributed by atoms with Gasteiger partial charge in [-0.2, -0.15) is 0 Å². The maximum Gasteiger partial charge on any atom is 0.303 e. The molecule has 1 aliphatic rings. The summed E-state index contributed by atoms with van der Waals surface area (Å²) in [6.45, 7) is 0. The lowest BCUT2D eigenvalue weighted by atomic mass is 9.84. The van der Waals surface area contributed by atoms with Crippen molar-refractivity contribution in [1.29, 1.82) is 0 Å². The number of hydrogen-bond donors (Lipinski definition) is 2. The molecule has 1 aliphatic carbocycles. The molecule has 0 aromatic carbocycles. The van der Waals surface area contributed by atoms with Crippen molar-refractivity contribution in [2.45, 2.75) is 39.6 Å². The fourth-order valence-electron chi connectivity index (χ4n) is 1.80. The molecule has 0 aromatic heterocycles. The molecule has 0 amide bonds. The molecule has 2 unspecified atom stereocenters. The van der Waals surface area contributed by atoms with Gasteiger partial charge in [0.1, 0.15) is 0 Å². The first-order valence-electron chi connectivity index (χ1n) is 4.68. The van der Waals surface area contributed by atoms with Gasteiger partial charge in [0.2, 0.25) is 0 Å². The van der Waals surface area contributed by atoms with Gasteiger partial charge in [-0.05, 0) is 25.2 Å². The Labute approximate surface area is 111 Å². The molecule has 0 aliphatic heterocycles. The number of carboxylic acid groups (broad SMARTS) is 1. The molecule has 0 spiro atoms. The number of aliphatic carboxylic acids is 1. The zero-order valence-corrected chi connectivity index (χ0v) is 12.0. The second kappa shape index (κ2) is 5.83. The minimum Gasteiger partial charge on any atom is -0.481 e. The van der Waals surface area contributed by atoms with E-state index in [9.17, 15) is 9.90 Å². The molecule has 2 atom stereocenters. The summed E-state index contributed by atoms with van der Waals surface area (Å²) in [5.41, 5.74) is 0. The van der Waals surface area contributed by atoms with Crippen molar-refractivity contribution in [2.24, 2.45) is 5.92 Å². The van der Waals surface area contributed by atoms with Crippen molar-refractivity contribution in [3.05, 3.63) is 0 Å². The fraction of sp³-hybridized carbons (Fsp3) is 0.889. The van der Waals surface area contributed by atoms with Crippen LogP contribution in [0.1, 0.15) is 25.7 Å². The molecule has 0 saturated heterocycles. The molecule has 0 heterocycles. The normalized spacial score (nSPS) is 38.2. The van der Waals surface area contributed by atoms with Gasteiger partial charge in [-0.15, -0.1) is 0 Å². The molecule has 0 radical (unpaired) electrons. The van der Waals surface area contributed by atoms with Crippen molar-refractivity contribution in [3.8, 4) is 0 Å². The summed E-state index contributed by atoms with van der Waals surface area (Å²) < 4.78 is 0.559. The van der Waals surface area contributed by atoms with E-state index in [1.165, 1.54) is 0 Å². The van der Waals surface area contributed by atoms with E-state index in [1.54, 1.807) is 0 Å². The third-order valence-corrected chi connectivity index (χ3v) is 5.12. The standard InChI is InChI=1S/C9H14I2O3/c10-6-3-5(1-2-8(12)13)4-7(11)9(6)14/h5-7,9,14H,1-4H2,(H,12,13). The summed E-state index contributed by atoms with van der Waals surface area (Å²) in [5.74, 6) is -0.246. The van der Waals surface area contributed by atoms with Crippen LogP contribution < -0.4 is 0 Å². The van der Waals surface area contributed by atoms with Crippen LogP contribution >= 0.6 is 45.2 Å². The second-order valence-corrected chi connectivity index (χ2v) is 6.99. The summed E-state index contributed by atoms with van der Waals surface area (Å²) in [6.07, 6.45) is 2.69. The average Bonchev–Trinajstić information content (AvgIpc) is 2.10. The minimum atomic E-state index is -0.717. The molecule has 1 rings (SSSR count). The van der Waals surface area contributed by atoms with Crippen LogP contribution in [0.25, 0.3) is 0 Å². The van der Waals surface area contributed by atoms with Crippen molar-refractivity contribution >= 4 is 51.2 Å². The Kier molecular flexibility index (Phi) is 5.40. The highest BCUT2D eigenvalue weighted by Crippen LogP contribution is 2.36. The third-order valence-electron chi connectivity index (χ3n) is 2.62. The Morgan fingerprint density at radius 3 is 2.21 bits per heavy atom. The summed E-state index contributed by atoms with van der Waals surface area (Å²) in [7, 11) is 0. The molecule has 1 saturated carbocycles. The molecular weight excluding hydrogens is 410 g/mol. The Morgan fingerprint density at radius 2 is 1.79 bits per heavy atom. The maximum absolute atomic E-state index is 10.4. The number of hydrogen-bond acceptors (Lipinski definition) is 2. The zero-order valence-electron chi connectivity index (χ0n) is 7.70. The van der Waals surface area contributed by atoms with Gasteiger partial charge in [0.15, 0.2) is 0 Å². The van der Waals surface area contributed by atoms with Crippen LogP contribution in [0.15, 0.2) is 0 Å². The monoisotopic (exact) mass is 424 g/mol. The van der Waals surface area contributed by atoms with Gasteiger partial charge in [0.25, 0.3) is 0 Å². The first kappa shape index (κ1) is 13.0. The highest BCUT2D eigenvalue weighted by Gasteiger charge is 2.33. The summed E-state index contributed by atoms with van der Waals surface area (Å²) in [5, 5.41) is 18.3. The van der Waals surface area contributed by atoms with Crippen LogP contribution in [0.2, 0.25) is 0 Å². The topological polar surface area (TPSA) is 57.5 Å². The van der Waals surface area contributed by atoms with Gasteiger partial charge < -0.3 is 10.2 Å². The SMILES string of the molecule is O=C(O)CCC1CC(I)C(O)C(I)C1. The van der Waals surface area contributed by atoms with Crippen LogP contribution in [-0.2, 0) is 4.79 Å². The highest BCUT2D eigenvalue weighted by molar-refractivity contribution is 14.1. The molecule has 1 fully saturated rings. The largest absolute Gasteiger partial charge is 0.481 e. The zero-order chi connectivity index (χ0) is 10.7. The lowest BCUT2D eigenvalue weighted by Crippen LogP contribution is -2.38. The van der Waals surface area contributed by atoms with Gasteiger partial charge in [0.05, 0.1) is 6.10 Å². The lowest BCUT2D eigenvalue weighted by molar-refractivity contribution is -0.137. The number of carbonyl (C=O) groups is 1. The van der Waals surface area contributed by atoms with Gasteiger partial charge in [-0.3, -0.25) is 4.79 Å². The average molecular weight is 424 g/mol. The first-order chi connectivity index (χ1) is 6.50. The van der Waals surface area contributed by atoms with E-state index in [0.717, 1.165) is 19.3 Å². The molecule has 2 N–H and O–H groups in total. The van der Waals surface area contributed by atoms with E-state index in [-0.39, 0.29) is 20.4 Å². The van der Waals surface area contributed by atoms with Gasteiger partial charge in [-0.1, -0.05) is 45.2 Å². The molecule has 3 nitrogen and oxygen atoms in total.